The third-order valence-electron chi connectivity index (χ3n) is 4.48. The molecule has 0 radical (unpaired) electrons. The summed E-state index contributed by atoms with van der Waals surface area (Å²) in [6.45, 7) is 2.46. The molecular weight excluding hydrogens is 392 g/mol. The Labute approximate surface area is 161 Å². The second-order valence-electron chi connectivity index (χ2n) is 6.30. The highest BCUT2D eigenvalue weighted by Crippen LogP contribution is 2.27. The van der Waals surface area contributed by atoms with Gasteiger partial charge in [0.1, 0.15) is 0 Å². The lowest BCUT2D eigenvalue weighted by Crippen LogP contribution is -2.38. The first kappa shape index (κ1) is 18.5. The van der Waals surface area contributed by atoms with Crippen molar-refractivity contribution in [1.29, 1.82) is 0 Å². The molecule has 0 fully saturated rings. The lowest BCUT2D eigenvalue weighted by molar-refractivity contribution is 0.0635. The lowest BCUT2D eigenvalue weighted by Gasteiger charge is -2.25. The molecule has 0 aliphatic rings. The molecule has 0 spiro atoms. The van der Waals surface area contributed by atoms with Crippen LogP contribution in [0.3, 0.4) is 0 Å². The Balaban J connectivity index is 2.11. The predicted molar refractivity (Wildman–Crippen MR) is 108 cm³/mol. The molecule has 1 atom stereocenters. The molecule has 0 saturated heterocycles. The molecule has 3 rings (SSSR count). The minimum absolute atomic E-state index is 0.0180. The highest BCUT2D eigenvalue weighted by Gasteiger charge is 2.21. The van der Waals surface area contributed by atoms with Crippen LogP contribution in [-0.4, -0.2) is 42.6 Å². The molecule has 2 aromatic carbocycles. The molecule has 134 valence electrons. The molecule has 0 saturated carbocycles. The molecule has 5 heteroatoms. The first-order valence-electron chi connectivity index (χ1n) is 8.43. The van der Waals surface area contributed by atoms with Crippen molar-refractivity contribution in [2.75, 3.05) is 20.8 Å². The van der Waals surface area contributed by atoms with Crippen LogP contribution in [0.25, 0.3) is 22.2 Å². The van der Waals surface area contributed by atoms with Gasteiger partial charge in [-0.3, -0.25) is 4.79 Å². The zero-order chi connectivity index (χ0) is 18.7. The Bertz CT molecular complexity index is 925. The van der Waals surface area contributed by atoms with Gasteiger partial charge in [0.25, 0.3) is 5.91 Å². The van der Waals surface area contributed by atoms with Crippen molar-refractivity contribution in [3.63, 3.8) is 0 Å². The van der Waals surface area contributed by atoms with E-state index in [0.29, 0.717) is 12.2 Å². The Morgan fingerprint density at radius 1 is 1.19 bits per heavy atom. The van der Waals surface area contributed by atoms with Gasteiger partial charge in [0, 0.05) is 29.6 Å². The summed E-state index contributed by atoms with van der Waals surface area (Å²) in [6.07, 6.45) is 0. The molecule has 0 N–H and O–H groups in total. The summed E-state index contributed by atoms with van der Waals surface area (Å²) < 4.78 is 6.20. The number of hydrogen-bond donors (Lipinski definition) is 0. The number of nitrogens with zero attached hydrogens (tertiary/aromatic N) is 2. The van der Waals surface area contributed by atoms with Gasteiger partial charge in [-0.1, -0.05) is 46.3 Å². The molecular formula is C21H21BrN2O2. The number of carbonyl (C=O) groups is 1. The van der Waals surface area contributed by atoms with Gasteiger partial charge >= 0.3 is 0 Å². The van der Waals surface area contributed by atoms with Crippen LogP contribution in [-0.2, 0) is 4.74 Å². The zero-order valence-corrected chi connectivity index (χ0v) is 16.7. The van der Waals surface area contributed by atoms with Gasteiger partial charge in [0.05, 0.1) is 29.4 Å². The minimum Gasteiger partial charge on any atom is -0.383 e. The van der Waals surface area contributed by atoms with E-state index >= 15 is 0 Å². The normalized spacial score (nSPS) is 12.2. The van der Waals surface area contributed by atoms with E-state index in [-0.39, 0.29) is 11.9 Å². The van der Waals surface area contributed by atoms with Crippen molar-refractivity contribution in [3.05, 3.63) is 64.6 Å². The van der Waals surface area contributed by atoms with Crippen LogP contribution in [0.5, 0.6) is 0 Å². The maximum Gasteiger partial charge on any atom is 0.254 e. The number of methoxy groups -OCH3 is 1. The Hall–Kier alpha value is -2.24. The second kappa shape index (κ2) is 7.98. The van der Waals surface area contributed by atoms with E-state index in [2.05, 4.69) is 15.9 Å². The van der Waals surface area contributed by atoms with Crippen LogP contribution in [0.15, 0.2) is 59.1 Å². The summed E-state index contributed by atoms with van der Waals surface area (Å²) in [4.78, 5) is 19.6. The smallest absolute Gasteiger partial charge is 0.254 e. The van der Waals surface area contributed by atoms with Gasteiger partial charge in [0.2, 0.25) is 0 Å². The number of halogens is 1. The average Bonchev–Trinajstić information content (AvgIpc) is 2.66. The van der Waals surface area contributed by atoms with E-state index in [9.17, 15) is 4.79 Å². The van der Waals surface area contributed by atoms with E-state index in [1.807, 2.05) is 61.5 Å². The molecule has 0 aliphatic heterocycles. The molecule has 1 heterocycles. The summed E-state index contributed by atoms with van der Waals surface area (Å²) in [5.74, 6) is -0.0356. The van der Waals surface area contributed by atoms with E-state index in [0.717, 1.165) is 26.6 Å². The number of likely N-dealkylation sites (N-methyl/N-ethyl adjacent to an activating group) is 1. The van der Waals surface area contributed by atoms with Crippen LogP contribution >= 0.6 is 15.9 Å². The maximum absolute atomic E-state index is 13.1. The van der Waals surface area contributed by atoms with Crippen molar-refractivity contribution < 1.29 is 9.53 Å². The highest BCUT2D eigenvalue weighted by molar-refractivity contribution is 9.10. The van der Waals surface area contributed by atoms with Crippen molar-refractivity contribution >= 4 is 32.7 Å². The summed E-state index contributed by atoms with van der Waals surface area (Å²) >= 11 is 3.45. The van der Waals surface area contributed by atoms with Crippen molar-refractivity contribution in [2.24, 2.45) is 0 Å². The minimum atomic E-state index is -0.0356. The van der Waals surface area contributed by atoms with Crippen LogP contribution in [0.2, 0.25) is 0 Å². The van der Waals surface area contributed by atoms with E-state index in [1.54, 1.807) is 19.1 Å². The molecule has 4 nitrogen and oxygen atoms in total. The van der Waals surface area contributed by atoms with Crippen molar-refractivity contribution in [3.8, 4) is 11.3 Å². The van der Waals surface area contributed by atoms with E-state index in [1.165, 1.54) is 0 Å². The largest absolute Gasteiger partial charge is 0.383 e. The molecule has 26 heavy (non-hydrogen) atoms. The molecule has 1 unspecified atom stereocenters. The van der Waals surface area contributed by atoms with E-state index < -0.39 is 0 Å². The summed E-state index contributed by atoms with van der Waals surface area (Å²) in [5, 5.41) is 0.856. The van der Waals surface area contributed by atoms with Crippen LogP contribution in [0.4, 0.5) is 0 Å². The Morgan fingerprint density at radius 3 is 2.58 bits per heavy atom. The fourth-order valence-electron chi connectivity index (χ4n) is 2.86. The monoisotopic (exact) mass is 412 g/mol. The number of para-hydroxylation sites is 1. The summed E-state index contributed by atoms with van der Waals surface area (Å²) in [5.41, 5.74) is 3.22. The fourth-order valence-corrected chi connectivity index (χ4v) is 3.13. The topological polar surface area (TPSA) is 42.4 Å². The fraction of sp³-hybridized carbons (Fsp3) is 0.238. The number of ether oxygens (including phenoxy) is 1. The number of benzene rings is 2. The van der Waals surface area contributed by atoms with Crippen LogP contribution in [0, 0.1) is 0 Å². The summed E-state index contributed by atoms with van der Waals surface area (Å²) in [6, 6.07) is 17.5. The number of carbonyl (C=O) groups excluding carboxylic acids is 1. The van der Waals surface area contributed by atoms with Crippen LogP contribution in [0.1, 0.15) is 17.3 Å². The quantitative estimate of drug-likeness (QED) is 0.605. The molecule has 0 bridgehead atoms. The van der Waals surface area contributed by atoms with Gasteiger partial charge in [-0.25, -0.2) is 4.98 Å². The van der Waals surface area contributed by atoms with E-state index in [4.69, 9.17) is 9.72 Å². The van der Waals surface area contributed by atoms with Crippen LogP contribution < -0.4 is 0 Å². The third-order valence-corrected chi connectivity index (χ3v) is 5.00. The number of rotatable bonds is 5. The summed E-state index contributed by atoms with van der Waals surface area (Å²) in [7, 11) is 3.45. The van der Waals surface area contributed by atoms with Gasteiger partial charge in [0.15, 0.2) is 0 Å². The standard InChI is InChI=1S/C21H21BrN2O2/c1-14(13-26-3)24(2)21(25)18-12-20(15-8-10-16(22)11-9-15)23-19-7-5-4-6-17(18)19/h4-12,14H,13H2,1-3H3. The number of amides is 1. The Kier molecular flexibility index (Phi) is 5.69. The number of pyridine rings is 1. The van der Waals surface area contributed by atoms with Crippen molar-refractivity contribution in [1.82, 2.24) is 9.88 Å². The molecule has 1 aromatic heterocycles. The molecule has 0 aliphatic carbocycles. The van der Waals surface area contributed by atoms with Crippen molar-refractivity contribution in [2.45, 2.75) is 13.0 Å². The SMILES string of the molecule is COCC(C)N(C)C(=O)c1cc(-c2ccc(Br)cc2)nc2ccccc12. The second-order valence-corrected chi connectivity index (χ2v) is 7.22. The first-order chi connectivity index (χ1) is 12.5. The first-order valence-corrected chi connectivity index (χ1v) is 9.22. The van der Waals surface area contributed by atoms with Gasteiger partial charge in [-0.05, 0) is 31.2 Å². The Morgan fingerprint density at radius 2 is 1.88 bits per heavy atom. The third kappa shape index (κ3) is 3.79. The van der Waals surface area contributed by atoms with Gasteiger partial charge in [-0.15, -0.1) is 0 Å². The van der Waals surface area contributed by atoms with Gasteiger partial charge in [-0.2, -0.15) is 0 Å². The number of fused-ring (bicyclic) bond motifs is 1. The average molecular weight is 413 g/mol. The lowest BCUT2D eigenvalue weighted by atomic mass is 10.0. The van der Waals surface area contributed by atoms with Gasteiger partial charge < -0.3 is 9.64 Å². The zero-order valence-electron chi connectivity index (χ0n) is 15.1. The number of aromatic nitrogens is 1. The highest BCUT2D eigenvalue weighted by atomic mass is 79.9. The predicted octanol–water partition coefficient (Wildman–Crippen LogP) is 4.77. The maximum atomic E-state index is 13.1. The molecule has 3 aromatic rings. The molecule has 1 amide bonds. The number of hydrogen-bond acceptors (Lipinski definition) is 3.